The minimum Gasteiger partial charge on any atom is -0.399 e. The van der Waals surface area contributed by atoms with Crippen LogP contribution in [0.3, 0.4) is 0 Å². The Kier molecular flexibility index (Phi) is 3.48. The van der Waals surface area contributed by atoms with Gasteiger partial charge in [-0.3, -0.25) is 9.67 Å². The fraction of sp³-hybridized carbons (Fsp3) is 0.250. The highest BCUT2D eigenvalue weighted by Gasteiger charge is 2.04. The Balaban J connectivity index is 1.81. The normalized spacial score (nSPS) is 11.0. The maximum absolute atomic E-state index is 5.88. The number of benzene rings is 1. The summed E-state index contributed by atoms with van der Waals surface area (Å²) in [5.41, 5.74) is 10.8. The summed E-state index contributed by atoms with van der Waals surface area (Å²) in [4.78, 5) is 4.53. The van der Waals surface area contributed by atoms with Gasteiger partial charge in [0.05, 0.1) is 18.3 Å². The van der Waals surface area contributed by atoms with Gasteiger partial charge in [0.1, 0.15) is 0 Å². The fourth-order valence-corrected chi connectivity index (χ4v) is 2.42. The van der Waals surface area contributed by atoms with Crippen LogP contribution in [0.2, 0.25) is 0 Å². The molecule has 1 aromatic carbocycles. The summed E-state index contributed by atoms with van der Waals surface area (Å²) < 4.78 is 1.94. The van der Waals surface area contributed by atoms with E-state index in [1.54, 1.807) is 0 Å². The Labute approximate surface area is 123 Å². The molecule has 3 aromatic rings. The summed E-state index contributed by atoms with van der Waals surface area (Å²) in [6.45, 7) is 5.66. The second-order valence-electron chi connectivity index (χ2n) is 5.30. The molecule has 3 rings (SSSR count). The van der Waals surface area contributed by atoms with Crippen molar-refractivity contribution in [2.75, 3.05) is 17.6 Å². The van der Waals surface area contributed by atoms with Gasteiger partial charge >= 0.3 is 0 Å². The van der Waals surface area contributed by atoms with Crippen molar-refractivity contribution >= 4 is 22.3 Å². The molecule has 0 saturated carbocycles. The third-order valence-electron chi connectivity index (χ3n) is 3.38. The zero-order valence-electron chi connectivity index (χ0n) is 12.3. The van der Waals surface area contributed by atoms with Crippen LogP contribution in [0.1, 0.15) is 11.3 Å². The largest absolute Gasteiger partial charge is 0.399 e. The first-order valence-electron chi connectivity index (χ1n) is 7.01. The van der Waals surface area contributed by atoms with Gasteiger partial charge in [-0.1, -0.05) is 0 Å². The molecular weight excluding hydrogens is 262 g/mol. The number of nitrogens with zero attached hydrogens (tertiary/aromatic N) is 3. The van der Waals surface area contributed by atoms with Crippen LogP contribution in [-0.4, -0.2) is 21.3 Å². The highest BCUT2D eigenvalue weighted by molar-refractivity contribution is 5.93. The standard InChI is InChI=1S/C16H19N5/c1-11-9-19-21(10-11)6-5-18-16-7-12(2)20-15-4-3-13(17)8-14(15)16/h3-4,7-10H,5-6,17H2,1-2H3,(H,18,20). The minimum atomic E-state index is 0.749. The molecule has 5 nitrogen and oxygen atoms in total. The quantitative estimate of drug-likeness (QED) is 0.721. The second kappa shape index (κ2) is 5.44. The van der Waals surface area contributed by atoms with Crippen LogP contribution in [0.4, 0.5) is 11.4 Å². The fourth-order valence-electron chi connectivity index (χ4n) is 2.42. The van der Waals surface area contributed by atoms with Gasteiger partial charge in [-0.15, -0.1) is 0 Å². The van der Waals surface area contributed by atoms with Gasteiger partial charge in [-0.05, 0) is 43.7 Å². The van der Waals surface area contributed by atoms with E-state index in [-0.39, 0.29) is 0 Å². The number of hydrogen-bond donors (Lipinski definition) is 2. The number of aryl methyl sites for hydroxylation is 2. The third-order valence-corrected chi connectivity index (χ3v) is 3.38. The first-order valence-corrected chi connectivity index (χ1v) is 7.01. The lowest BCUT2D eigenvalue weighted by atomic mass is 10.1. The van der Waals surface area contributed by atoms with Crippen LogP contribution in [0.5, 0.6) is 0 Å². The molecule has 0 fully saturated rings. The lowest BCUT2D eigenvalue weighted by molar-refractivity contribution is 0.637. The molecule has 0 saturated heterocycles. The smallest absolute Gasteiger partial charge is 0.0727 e. The van der Waals surface area contributed by atoms with E-state index < -0.39 is 0 Å². The molecule has 2 heterocycles. The molecule has 2 aromatic heterocycles. The summed E-state index contributed by atoms with van der Waals surface area (Å²) in [5, 5.41) is 8.80. The van der Waals surface area contributed by atoms with Crippen molar-refractivity contribution in [2.45, 2.75) is 20.4 Å². The molecular formula is C16H19N5. The van der Waals surface area contributed by atoms with Crippen molar-refractivity contribution in [3.63, 3.8) is 0 Å². The van der Waals surface area contributed by atoms with Crippen LogP contribution in [0, 0.1) is 13.8 Å². The van der Waals surface area contributed by atoms with Gasteiger partial charge in [0, 0.05) is 35.2 Å². The van der Waals surface area contributed by atoms with Gasteiger partial charge in [0.15, 0.2) is 0 Å². The van der Waals surface area contributed by atoms with E-state index >= 15 is 0 Å². The third kappa shape index (κ3) is 2.97. The van der Waals surface area contributed by atoms with Gasteiger partial charge in [0.2, 0.25) is 0 Å². The number of fused-ring (bicyclic) bond motifs is 1. The summed E-state index contributed by atoms with van der Waals surface area (Å²) >= 11 is 0. The Morgan fingerprint density at radius 3 is 2.86 bits per heavy atom. The topological polar surface area (TPSA) is 68.8 Å². The first-order chi connectivity index (χ1) is 10.1. The molecule has 0 spiro atoms. The number of aromatic nitrogens is 3. The average Bonchev–Trinajstić information content (AvgIpc) is 2.85. The summed E-state index contributed by atoms with van der Waals surface area (Å²) in [5.74, 6) is 0. The van der Waals surface area contributed by atoms with Crippen molar-refractivity contribution in [2.24, 2.45) is 0 Å². The molecule has 0 aliphatic heterocycles. The Morgan fingerprint density at radius 1 is 1.24 bits per heavy atom. The van der Waals surface area contributed by atoms with E-state index in [1.807, 2.05) is 49.1 Å². The highest BCUT2D eigenvalue weighted by atomic mass is 15.3. The lowest BCUT2D eigenvalue weighted by Crippen LogP contribution is -2.11. The van der Waals surface area contributed by atoms with Crippen LogP contribution < -0.4 is 11.1 Å². The Hall–Kier alpha value is -2.56. The molecule has 0 bridgehead atoms. The molecule has 0 aliphatic carbocycles. The van der Waals surface area contributed by atoms with E-state index in [2.05, 4.69) is 21.5 Å². The van der Waals surface area contributed by atoms with Crippen LogP contribution in [0.25, 0.3) is 10.9 Å². The molecule has 0 unspecified atom stereocenters. The number of nitrogens with one attached hydrogen (secondary N) is 1. The minimum absolute atomic E-state index is 0.749. The lowest BCUT2D eigenvalue weighted by Gasteiger charge is -2.11. The number of nitrogen functional groups attached to an aromatic ring is 1. The Bertz CT molecular complexity index is 775. The first kappa shape index (κ1) is 13.4. The van der Waals surface area contributed by atoms with Gasteiger partial charge in [0.25, 0.3) is 0 Å². The molecule has 0 atom stereocenters. The van der Waals surface area contributed by atoms with E-state index in [4.69, 9.17) is 5.73 Å². The summed E-state index contributed by atoms with van der Waals surface area (Å²) in [6.07, 6.45) is 3.91. The molecule has 0 radical (unpaired) electrons. The molecule has 3 N–H and O–H groups in total. The van der Waals surface area contributed by atoms with Crippen molar-refractivity contribution in [3.8, 4) is 0 Å². The predicted molar refractivity (Wildman–Crippen MR) is 86.3 cm³/mol. The zero-order valence-corrected chi connectivity index (χ0v) is 12.3. The number of rotatable bonds is 4. The van der Waals surface area contributed by atoms with Crippen molar-refractivity contribution < 1.29 is 0 Å². The van der Waals surface area contributed by atoms with Crippen LogP contribution >= 0.6 is 0 Å². The molecule has 108 valence electrons. The molecule has 21 heavy (non-hydrogen) atoms. The van der Waals surface area contributed by atoms with E-state index in [0.29, 0.717) is 0 Å². The SMILES string of the molecule is Cc1cnn(CCNc2cc(C)nc3ccc(N)cc23)c1. The van der Waals surface area contributed by atoms with E-state index in [0.717, 1.165) is 41.1 Å². The number of anilines is 2. The predicted octanol–water partition coefficient (Wildman–Crippen LogP) is 2.74. The van der Waals surface area contributed by atoms with E-state index in [9.17, 15) is 0 Å². The maximum Gasteiger partial charge on any atom is 0.0727 e. The molecule has 0 aliphatic rings. The van der Waals surface area contributed by atoms with E-state index in [1.165, 1.54) is 5.56 Å². The number of hydrogen-bond acceptors (Lipinski definition) is 4. The van der Waals surface area contributed by atoms with Crippen LogP contribution in [0.15, 0.2) is 36.7 Å². The maximum atomic E-state index is 5.88. The van der Waals surface area contributed by atoms with Gasteiger partial charge < -0.3 is 11.1 Å². The molecule has 5 heteroatoms. The average molecular weight is 281 g/mol. The second-order valence-corrected chi connectivity index (χ2v) is 5.30. The monoisotopic (exact) mass is 281 g/mol. The Morgan fingerprint density at radius 2 is 2.10 bits per heavy atom. The van der Waals surface area contributed by atoms with Crippen molar-refractivity contribution in [3.05, 3.63) is 47.9 Å². The number of nitrogens with two attached hydrogens (primary N) is 1. The number of pyridine rings is 1. The van der Waals surface area contributed by atoms with Crippen molar-refractivity contribution in [1.29, 1.82) is 0 Å². The van der Waals surface area contributed by atoms with Gasteiger partial charge in [-0.2, -0.15) is 5.10 Å². The summed E-state index contributed by atoms with van der Waals surface area (Å²) in [7, 11) is 0. The zero-order chi connectivity index (χ0) is 14.8. The van der Waals surface area contributed by atoms with Crippen molar-refractivity contribution in [1.82, 2.24) is 14.8 Å². The van der Waals surface area contributed by atoms with Gasteiger partial charge in [-0.25, -0.2) is 0 Å². The van der Waals surface area contributed by atoms with Crippen LogP contribution in [-0.2, 0) is 6.54 Å². The molecule has 0 amide bonds. The summed E-state index contributed by atoms with van der Waals surface area (Å²) in [6, 6.07) is 7.85. The highest BCUT2D eigenvalue weighted by Crippen LogP contribution is 2.25.